The minimum absolute atomic E-state index is 0.0254. The van der Waals surface area contributed by atoms with Gasteiger partial charge in [-0.05, 0) is 88.2 Å². The molecule has 1 saturated heterocycles. The topological polar surface area (TPSA) is 62.2 Å². The van der Waals surface area contributed by atoms with Gasteiger partial charge in [-0.2, -0.15) is 0 Å². The number of carbonyl (C=O) groups is 1. The molecule has 4 aliphatic rings. The number of nitrogens with zero attached hydrogens (tertiary/aromatic N) is 2. The number of piperidine rings is 1. The third-order valence-electron chi connectivity index (χ3n) is 11.2. The number of carbonyl (C=O) groups excluding carboxylic acids is 1. The van der Waals surface area contributed by atoms with Crippen LogP contribution in [0.15, 0.2) is 55.1 Å². The average molecular weight is 601 g/mol. The van der Waals surface area contributed by atoms with E-state index in [1.807, 2.05) is 12.1 Å². The Kier molecular flexibility index (Phi) is 9.51. The molecule has 2 unspecified atom stereocenters. The lowest BCUT2D eigenvalue weighted by Crippen LogP contribution is -2.78. The number of rotatable bonds is 15. The van der Waals surface area contributed by atoms with E-state index < -0.39 is 11.0 Å². The van der Waals surface area contributed by atoms with Crippen LogP contribution in [0.4, 0.5) is 0 Å². The second-order valence-electron chi connectivity index (χ2n) is 13.7. The van der Waals surface area contributed by atoms with Gasteiger partial charge in [0, 0.05) is 31.1 Å². The normalized spacial score (nSPS) is 28.4. The van der Waals surface area contributed by atoms with Crippen LogP contribution < -0.4 is 9.47 Å². The number of hydrogen-bond acceptors (Lipinski definition) is 6. The number of ether oxygens (including phenoxy) is 2. The fourth-order valence-corrected chi connectivity index (χ4v) is 9.24. The molecule has 2 aliphatic carbocycles. The van der Waals surface area contributed by atoms with E-state index in [2.05, 4.69) is 59.7 Å². The molecule has 1 spiro atoms. The second-order valence-corrected chi connectivity index (χ2v) is 13.7. The van der Waals surface area contributed by atoms with Crippen molar-refractivity contribution in [3.05, 3.63) is 71.8 Å². The zero-order chi connectivity index (χ0) is 30.7. The van der Waals surface area contributed by atoms with Gasteiger partial charge in [-0.1, -0.05) is 75.1 Å². The van der Waals surface area contributed by atoms with Gasteiger partial charge in [0.25, 0.3) is 0 Å². The number of unbranched alkanes of at least 4 members (excludes halogenated alkanes) is 5. The molecule has 44 heavy (non-hydrogen) atoms. The summed E-state index contributed by atoms with van der Waals surface area (Å²) in [6, 6.07) is 15.1. The maximum absolute atomic E-state index is 12.9. The van der Waals surface area contributed by atoms with Gasteiger partial charge >= 0.3 is 5.97 Å². The van der Waals surface area contributed by atoms with Gasteiger partial charge in [0.05, 0.1) is 11.0 Å². The van der Waals surface area contributed by atoms with Crippen LogP contribution in [0.3, 0.4) is 0 Å². The van der Waals surface area contributed by atoms with E-state index in [9.17, 15) is 9.90 Å². The molecular formula is C38H52N2O4. The van der Waals surface area contributed by atoms with Gasteiger partial charge in [0.15, 0.2) is 11.5 Å². The zero-order valence-electron chi connectivity index (χ0n) is 26.9. The highest BCUT2D eigenvalue weighted by atomic mass is 16.6. The molecule has 2 fully saturated rings. The van der Waals surface area contributed by atoms with E-state index in [-0.39, 0.29) is 24.2 Å². The van der Waals surface area contributed by atoms with Crippen LogP contribution in [0.1, 0.15) is 94.7 Å². The van der Waals surface area contributed by atoms with Crippen molar-refractivity contribution in [3.8, 4) is 11.5 Å². The van der Waals surface area contributed by atoms with E-state index in [0.29, 0.717) is 11.5 Å². The van der Waals surface area contributed by atoms with Crippen LogP contribution in [0, 0.1) is 0 Å². The quantitative estimate of drug-likeness (QED) is 0.107. The summed E-state index contributed by atoms with van der Waals surface area (Å²) in [5.74, 6) is 0.869. The minimum Gasteiger partial charge on any atom is -0.483 e. The Balaban J connectivity index is 1.26. The molecule has 2 bridgehead atoms. The van der Waals surface area contributed by atoms with Gasteiger partial charge in [-0.15, -0.1) is 6.58 Å². The molecule has 6 nitrogen and oxygen atoms in total. The highest BCUT2D eigenvalue weighted by Crippen LogP contribution is 2.66. The molecular weight excluding hydrogens is 548 g/mol. The number of hydrogen-bond donors (Lipinski definition) is 1. The van der Waals surface area contributed by atoms with Gasteiger partial charge in [0.2, 0.25) is 0 Å². The Hall–Kier alpha value is -2.67. The molecule has 0 amide bonds. The van der Waals surface area contributed by atoms with Crippen LogP contribution in [0.2, 0.25) is 0 Å². The summed E-state index contributed by atoms with van der Waals surface area (Å²) in [6.07, 6.45) is 14.7. The zero-order valence-corrected chi connectivity index (χ0v) is 26.9. The maximum Gasteiger partial charge on any atom is 0.308 e. The Labute approximate surface area is 264 Å². The average Bonchev–Trinajstić information content (AvgIpc) is 3.37. The third-order valence-corrected chi connectivity index (χ3v) is 11.2. The molecule has 0 aromatic heterocycles. The Morgan fingerprint density at radius 2 is 1.86 bits per heavy atom. The lowest BCUT2D eigenvalue weighted by atomic mass is 9.48. The van der Waals surface area contributed by atoms with Crippen molar-refractivity contribution in [1.29, 1.82) is 0 Å². The second kappa shape index (κ2) is 13.4. The minimum atomic E-state index is -0.894. The van der Waals surface area contributed by atoms with E-state index in [4.69, 9.17) is 9.47 Å². The van der Waals surface area contributed by atoms with Gasteiger partial charge < -0.3 is 14.6 Å². The number of benzene rings is 2. The molecule has 1 N–H and O–H groups in total. The maximum atomic E-state index is 12.9. The van der Waals surface area contributed by atoms with E-state index >= 15 is 0 Å². The number of esters is 1. The van der Waals surface area contributed by atoms with Crippen molar-refractivity contribution in [2.75, 3.05) is 26.2 Å². The van der Waals surface area contributed by atoms with E-state index in [0.717, 1.165) is 63.8 Å². The van der Waals surface area contributed by atoms with Crippen LogP contribution in [-0.4, -0.2) is 70.8 Å². The first kappa shape index (κ1) is 31.3. The van der Waals surface area contributed by atoms with Crippen molar-refractivity contribution in [1.82, 2.24) is 9.80 Å². The molecule has 6 heteroatoms. The van der Waals surface area contributed by atoms with Crippen molar-refractivity contribution in [3.63, 3.8) is 0 Å². The summed E-state index contributed by atoms with van der Waals surface area (Å²) in [5, 5.41) is 12.9. The first-order valence-electron chi connectivity index (χ1n) is 17.3. The van der Waals surface area contributed by atoms with Gasteiger partial charge in [-0.3, -0.25) is 14.6 Å². The summed E-state index contributed by atoms with van der Waals surface area (Å²) < 4.78 is 12.8. The SMILES string of the molecule is C=CCN1CC[C@]23c4c5ccc(OC(C)=O)c4OC2C(N(CCCCC)CCCCCCc2ccccc2)CC[C@@]3(O)[C@H]1C5. The standard InChI is InChI=1S/C38H52N2O4/c1-4-6-13-24-39(25-14-8-7-10-15-29-16-11-9-12-17-29)31-20-21-38(42)33-27-30-18-19-32(43-28(3)41)35-34(30)37(38,36(31)44-35)22-26-40(33)23-5-2/h5,9,11-12,16-19,31,33,36,42H,2,4,6-8,10,13-15,20-27H2,1,3H3/t31?,33-,36?,37+,38-/m1/s1. The van der Waals surface area contributed by atoms with Crippen LogP contribution in [0.5, 0.6) is 11.5 Å². The fraction of sp³-hybridized carbons (Fsp3) is 0.605. The molecule has 2 aromatic rings. The lowest BCUT2D eigenvalue weighted by molar-refractivity contribution is -0.198. The smallest absolute Gasteiger partial charge is 0.308 e. The lowest BCUT2D eigenvalue weighted by Gasteiger charge is -2.65. The first-order chi connectivity index (χ1) is 21.4. The monoisotopic (exact) mass is 600 g/mol. The Morgan fingerprint density at radius 3 is 2.61 bits per heavy atom. The Morgan fingerprint density at radius 1 is 1.09 bits per heavy atom. The van der Waals surface area contributed by atoms with Crippen molar-refractivity contribution in [2.24, 2.45) is 0 Å². The largest absolute Gasteiger partial charge is 0.483 e. The van der Waals surface area contributed by atoms with Crippen molar-refractivity contribution in [2.45, 2.75) is 120 Å². The van der Waals surface area contributed by atoms with Gasteiger partial charge in [-0.25, -0.2) is 0 Å². The number of aliphatic hydroxyl groups is 1. The summed E-state index contributed by atoms with van der Waals surface area (Å²) in [6.45, 7) is 11.5. The number of likely N-dealkylation sites (tertiary alicyclic amines) is 1. The molecule has 6 rings (SSSR count). The van der Waals surface area contributed by atoms with E-state index in [1.165, 1.54) is 63.0 Å². The molecule has 238 valence electrons. The predicted octanol–water partition coefficient (Wildman–Crippen LogP) is 6.62. The molecule has 2 heterocycles. The molecule has 2 aliphatic heterocycles. The summed E-state index contributed by atoms with van der Waals surface area (Å²) in [7, 11) is 0. The molecule has 5 atom stereocenters. The fourth-order valence-electron chi connectivity index (χ4n) is 9.24. The summed E-state index contributed by atoms with van der Waals surface area (Å²) >= 11 is 0. The number of aryl methyl sites for hydroxylation is 1. The Bertz CT molecular complexity index is 1310. The van der Waals surface area contributed by atoms with E-state index in [1.54, 1.807) is 0 Å². The molecule has 0 radical (unpaired) electrons. The van der Waals surface area contributed by atoms with Crippen molar-refractivity contribution >= 4 is 5.97 Å². The van der Waals surface area contributed by atoms with Crippen LogP contribution >= 0.6 is 0 Å². The van der Waals surface area contributed by atoms with Crippen LogP contribution in [-0.2, 0) is 23.1 Å². The molecule has 1 saturated carbocycles. The third kappa shape index (κ3) is 5.52. The summed E-state index contributed by atoms with van der Waals surface area (Å²) in [5.41, 5.74) is 2.39. The summed E-state index contributed by atoms with van der Waals surface area (Å²) in [4.78, 5) is 17.3. The first-order valence-corrected chi connectivity index (χ1v) is 17.3. The highest BCUT2D eigenvalue weighted by Gasteiger charge is 2.73. The molecule has 2 aromatic carbocycles. The van der Waals surface area contributed by atoms with Crippen molar-refractivity contribution < 1.29 is 19.4 Å². The highest BCUT2D eigenvalue weighted by molar-refractivity contribution is 5.72. The predicted molar refractivity (Wildman–Crippen MR) is 175 cm³/mol. The van der Waals surface area contributed by atoms with Gasteiger partial charge in [0.1, 0.15) is 6.10 Å². The van der Waals surface area contributed by atoms with Crippen LogP contribution in [0.25, 0.3) is 0 Å².